The smallest absolute Gasteiger partial charge is 0.336 e. The van der Waals surface area contributed by atoms with Crippen LogP contribution in [-0.4, -0.2) is 34.4 Å². The van der Waals surface area contributed by atoms with E-state index in [-0.39, 0.29) is 34.4 Å². The molecule has 0 radical (unpaired) electrons. The van der Waals surface area contributed by atoms with Crippen molar-refractivity contribution < 1.29 is 24.5 Å². The van der Waals surface area contributed by atoms with Gasteiger partial charge in [-0.1, -0.05) is 52.3 Å². The molecular weight excluding hydrogens is 392 g/mol. The third kappa shape index (κ3) is 2.45. The van der Waals surface area contributed by atoms with E-state index in [1.54, 1.807) is 12.2 Å². The second-order valence-electron chi connectivity index (χ2n) is 11.7. The Bertz CT molecular complexity index is 957. The quantitative estimate of drug-likeness (QED) is 0.493. The number of ether oxygens (including phenoxy) is 1. The number of aliphatic hydroxyl groups excluding tert-OH is 2. The predicted octanol–water partition coefficient (Wildman–Crippen LogP) is 3.71. The van der Waals surface area contributed by atoms with Gasteiger partial charge in [0, 0.05) is 22.3 Å². The molecule has 1 aliphatic heterocycles. The van der Waals surface area contributed by atoms with Crippen molar-refractivity contribution in [2.75, 3.05) is 0 Å². The number of ketones is 1. The lowest BCUT2D eigenvalue weighted by Gasteiger charge is -2.66. The topological polar surface area (TPSA) is 83.8 Å². The second-order valence-corrected chi connectivity index (χ2v) is 11.7. The standard InChI is InChI=1S/C26H34O5/c1-23(2)18-13-20(28)26(5)16-7-6-15(14-12-21(29)31-22(14)30)24(16,3)10-8-17(26)25(18,4)11-9-19(23)27/h7,9,11-12,15,17-18,20-21,28-29H,6,8,10,13H2,1-5H3. The molecule has 0 aromatic heterocycles. The zero-order valence-electron chi connectivity index (χ0n) is 19.1. The normalized spacial score (nSPS) is 50.2. The van der Waals surface area contributed by atoms with Crippen molar-refractivity contribution in [3.8, 4) is 0 Å². The third-order valence-corrected chi connectivity index (χ3v) is 10.1. The highest BCUT2D eigenvalue weighted by atomic mass is 16.6. The number of hydrogen-bond acceptors (Lipinski definition) is 5. The Hall–Kier alpha value is -1.72. The van der Waals surface area contributed by atoms with Crippen molar-refractivity contribution in [1.82, 2.24) is 0 Å². The predicted molar refractivity (Wildman–Crippen MR) is 115 cm³/mol. The van der Waals surface area contributed by atoms with E-state index in [0.29, 0.717) is 18.4 Å². The summed E-state index contributed by atoms with van der Waals surface area (Å²) in [6, 6.07) is 0. The SMILES string of the molecule is CC1(C)C(=O)C=CC2(C)C1CC(O)C1(C)C3=CCC(C4=CC(O)OC4=O)C3(C)CCC21. The number of carbonyl (C=O) groups excluding carboxylic acids is 2. The Morgan fingerprint density at radius 3 is 2.42 bits per heavy atom. The first-order chi connectivity index (χ1) is 14.4. The molecule has 1 heterocycles. The van der Waals surface area contributed by atoms with Crippen LogP contribution < -0.4 is 0 Å². The molecule has 168 valence electrons. The van der Waals surface area contributed by atoms with Crippen LogP contribution in [0.25, 0.3) is 0 Å². The molecule has 0 amide bonds. The van der Waals surface area contributed by atoms with Crippen molar-refractivity contribution in [2.45, 2.75) is 72.7 Å². The first kappa shape index (κ1) is 21.1. The summed E-state index contributed by atoms with van der Waals surface area (Å²) in [5.41, 5.74) is 0.471. The Morgan fingerprint density at radius 2 is 1.77 bits per heavy atom. The Morgan fingerprint density at radius 1 is 1.06 bits per heavy atom. The van der Waals surface area contributed by atoms with Crippen LogP contribution in [0.1, 0.15) is 60.3 Å². The molecule has 2 saturated carbocycles. The fraction of sp³-hybridized carbons (Fsp3) is 0.692. The molecule has 5 rings (SSSR count). The molecule has 31 heavy (non-hydrogen) atoms. The van der Waals surface area contributed by atoms with Gasteiger partial charge in [0.2, 0.25) is 6.29 Å². The van der Waals surface area contributed by atoms with Crippen LogP contribution in [0.15, 0.2) is 35.5 Å². The van der Waals surface area contributed by atoms with E-state index in [2.05, 4.69) is 32.9 Å². The summed E-state index contributed by atoms with van der Waals surface area (Å²) in [5, 5.41) is 21.4. The number of cyclic esters (lactones) is 1. The molecule has 2 fully saturated rings. The van der Waals surface area contributed by atoms with Gasteiger partial charge in [0.05, 0.1) is 6.10 Å². The van der Waals surface area contributed by atoms with Crippen molar-refractivity contribution >= 4 is 11.8 Å². The third-order valence-electron chi connectivity index (χ3n) is 10.1. The minimum atomic E-state index is -1.16. The lowest BCUT2D eigenvalue weighted by atomic mass is 9.38. The summed E-state index contributed by atoms with van der Waals surface area (Å²) < 4.78 is 4.99. The molecule has 0 spiro atoms. The fourth-order valence-corrected chi connectivity index (χ4v) is 8.43. The average molecular weight is 427 g/mol. The molecule has 8 unspecified atom stereocenters. The number of esters is 1. The summed E-state index contributed by atoms with van der Waals surface area (Å²) in [6.07, 6.45) is 9.12. The molecular formula is C26H34O5. The first-order valence-electron chi connectivity index (χ1n) is 11.6. The van der Waals surface area contributed by atoms with Gasteiger partial charge in [-0.15, -0.1) is 0 Å². The van der Waals surface area contributed by atoms with E-state index in [0.717, 1.165) is 12.8 Å². The highest BCUT2D eigenvalue weighted by molar-refractivity contribution is 5.96. The van der Waals surface area contributed by atoms with Gasteiger partial charge in [0.1, 0.15) is 0 Å². The van der Waals surface area contributed by atoms with Crippen LogP contribution in [0.5, 0.6) is 0 Å². The van der Waals surface area contributed by atoms with Gasteiger partial charge in [-0.25, -0.2) is 4.79 Å². The maximum absolute atomic E-state index is 12.7. The van der Waals surface area contributed by atoms with Gasteiger partial charge >= 0.3 is 5.97 Å². The van der Waals surface area contributed by atoms with Gasteiger partial charge in [-0.2, -0.15) is 0 Å². The van der Waals surface area contributed by atoms with E-state index in [1.807, 2.05) is 13.8 Å². The van der Waals surface area contributed by atoms with Gasteiger partial charge < -0.3 is 14.9 Å². The van der Waals surface area contributed by atoms with Crippen LogP contribution in [-0.2, 0) is 14.3 Å². The summed E-state index contributed by atoms with van der Waals surface area (Å²) in [4.78, 5) is 25.1. The summed E-state index contributed by atoms with van der Waals surface area (Å²) in [7, 11) is 0. The molecule has 5 aliphatic rings. The van der Waals surface area contributed by atoms with Gasteiger partial charge in [-0.05, 0) is 60.5 Å². The zero-order chi connectivity index (χ0) is 22.6. The van der Waals surface area contributed by atoms with Gasteiger partial charge in [-0.3, -0.25) is 4.79 Å². The summed E-state index contributed by atoms with van der Waals surface area (Å²) >= 11 is 0. The Labute approximate surface area is 184 Å². The maximum Gasteiger partial charge on any atom is 0.336 e. The lowest BCUT2D eigenvalue weighted by Crippen LogP contribution is -2.63. The maximum atomic E-state index is 12.7. The fourth-order valence-electron chi connectivity index (χ4n) is 8.43. The number of allylic oxidation sites excluding steroid dienone is 3. The molecule has 0 saturated heterocycles. The first-order valence-corrected chi connectivity index (χ1v) is 11.6. The largest absolute Gasteiger partial charge is 0.429 e. The molecule has 8 atom stereocenters. The van der Waals surface area contributed by atoms with Crippen molar-refractivity contribution in [3.63, 3.8) is 0 Å². The van der Waals surface area contributed by atoms with E-state index in [4.69, 9.17) is 4.74 Å². The second kappa shape index (κ2) is 6.20. The summed E-state index contributed by atoms with van der Waals surface area (Å²) in [5.74, 6) is -0.00678. The number of aliphatic hydroxyl groups is 2. The lowest BCUT2D eigenvalue weighted by molar-refractivity contribution is -0.164. The van der Waals surface area contributed by atoms with Crippen molar-refractivity contribution in [1.29, 1.82) is 0 Å². The monoisotopic (exact) mass is 426 g/mol. The number of carbonyl (C=O) groups is 2. The molecule has 2 N–H and O–H groups in total. The van der Waals surface area contributed by atoms with E-state index >= 15 is 0 Å². The summed E-state index contributed by atoms with van der Waals surface area (Å²) in [6.45, 7) is 10.7. The van der Waals surface area contributed by atoms with Crippen molar-refractivity contribution in [2.24, 2.45) is 39.4 Å². The zero-order valence-corrected chi connectivity index (χ0v) is 19.1. The van der Waals surface area contributed by atoms with Gasteiger partial charge in [0.25, 0.3) is 0 Å². The minimum absolute atomic E-state index is 0.0393. The van der Waals surface area contributed by atoms with E-state index in [9.17, 15) is 19.8 Å². The van der Waals surface area contributed by atoms with Crippen LogP contribution in [0, 0.1) is 39.4 Å². The highest BCUT2D eigenvalue weighted by Gasteiger charge is 2.67. The van der Waals surface area contributed by atoms with Crippen LogP contribution in [0.2, 0.25) is 0 Å². The number of hydrogen-bond donors (Lipinski definition) is 2. The van der Waals surface area contributed by atoms with Crippen LogP contribution in [0.3, 0.4) is 0 Å². The Kier molecular flexibility index (Phi) is 4.23. The molecule has 0 aromatic rings. The average Bonchev–Trinajstić information content (AvgIpc) is 3.20. The molecule has 0 aromatic carbocycles. The van der Waals surface area contributed by atoms with E-state index < -0.39 is 29.2 Å². The minimum Gasteiger partial charge on any atom is -0.429 e. The number of fused-ring (bicyclic) bond motifs is 5. The molecule has 4 aliphatic carbocycles. The van der Waals surface area contributed by atoms with E-state index in [1.165, 1.54) is 5.57 Å². The number of rotatable bonds is 1. The highest BCUT2D eigenvalue weighted by Crippen LogP contribution is 2.72. The van der Waals surface area contributed by atoms with Crippen LogP contribution in [0.4, 0.5) is 0 Å². The van der Waals surface area contributed by atoms with Crippen molar-refractivity contribution in [3.05, 3.63) is 35.5 Å². The van der Waals surface area contributed by atoms with Crippen LogP contribution >= 0.6 is 0 Å². The molecule has 0 bridgehead atoms. The Balaban J connectivity index is 1.58. The molecule has 5 nitrogen and oxygen atoms in total. The van der Waals surface area contributed by atoms with Gasteiger partial charge in [0.15, 0.2) is 5.78 Å². The molecule has 5 heteroatoms.